The summed E-state index contributed by atoms with van der Waals surface area (Å²) in [4.78, 5) is 20.4. The Morgan fingerprint density at radius 2 is 2.37 bits per heavy atom. The van der Waals surface area contributed by atoms with Crippen LogP contribution >= 0.6 is 0 Å². The molecule has 0 aromatic carbocycles. The molecule has 1 atom stereocenters. The summed E-state index contributed by atoms with van der Waals surface area (Å²) in [6.07, 6.45) is 4.68. The van der Waals surface area contributed by atoms with Gasteiger partial charge in [0, 0.05) is 12.6 Å². The normalized spacial score (nSPS) is 18.2. The Balaban J connectivity index is 1.77. The minimum absolute atomic E-state index is 0.145. The molecule has 0 unspecified atom stereocenters. The molecular weight excluding hydrogens is 242 g/mol. The Morgan fingerprint density at radius 1 is 1.47 bits per heavy atom. The first-order chi connectivity index (χ1) is 9.22. The summed E-state index contributed by atoms with van der Waals surface area (Å²) in [5.74, 6) is 1.86. The molecule has 3 rings (SSSR count). The van der Waals surface area contributed by atoms with Crippen LogP contribution in [0.5, 0.6) is 0 Å². The minimum atomic E-state index is 0.145. The molecule has 0 aliphatic heterocycles. The molecule has 0 fully saturated rings. The molecule has 1 N–H and O–H groups in total. The van der Waals surface area contributed by atoms with Crippen molar-refractivity contribution in [2.75, 3.05) is 5.32 Å². The number of rotatable bonds is 3. The molecule has 2 aromatic rings. The molecule has 5 heteroatoms. The van der Waals surface area contributed by atoms with Crippen molar-refractivity contribution in [3.8, 4) is 0 Å². The number of ketones is 1. The second kappa shape index (κ2) is 4.84. The van der Waals surface area contributed by atoms with Crippen LogP contribution in [0.4, 0.5) is 5.95 Å². The van der Waals surface area contributed by atoms with Crippen molar-refractivity contribution in [2.24, 2.45) is 5.92 Å². The van der Waals surface area contributed by atoms with Crippen LogP contribution in [-0.4, -0.2) is 15.8 Å². The molecule has 5 nitrogen and oxygen atoms in total. The summed E-state index contributed by atoms with van der Waals surface area (Å²) in [7, 11) is 0. The Morgan fingerprint density at radius 3 is 3.16 bits per heavy atom. The van der Waals surface area contributed by atoms with E-state index in [1.165, 1.54) is 0 Å². The SMILES string of the molecule is C[C@H]1CC(=O)c2cnc(NCc3ccco3)nc2C1. The van der Waals surface area contributed by atoms with Crippen LogP contribution in [0, 0.1) is 5.92 Å². The summed E-state index contributed by atoms with van der Waals surface area (Å²) in [5.41, 5.74) is 1.52. The fourth-order valence-corrected chi connectivity index (χ4v) is 2.30. The van der Waals surface area contributed by atoms with E-state index in [0.717, 1.165) is 17.9 Å². The average molecular weight is 257 g/mol. The molecule has 0 saturated heterocycles. The number of Topliss-reactive ketones (excluding diaryl/α,β-unsaturated/α-hetero) is 1. The zero-order valence-corrected chi connectivity index (χ0v) is 10.7. The second-order valence-corrected chi connectivity index (χ2v) is 4.92. The fraction of sp³-hybridized carbons (Fsp3) is 0.357. The van der Waals surface area contributed by atoms with E-state index in [9.17, 15) is 4.79 Å². The lowest BCUT2D eigenvalue weighted by molar-refractivity contribution is 0.0951. The van der Waals surface area contributed by atoms with E-state index in [1.807, 2.05) is 12.1 Å². The predicted molar refractivity (Wildman–Crippen MR) is 69.9 cm³/mol. The van der Waals surface area contributed by atoms with Gasteiger partial charge in [0.15, 0.2) is 5.78 Å². The van der Waals surface area contributed by atoms with Crippen LogP contribution in [0.2, 0.25) is 0 Å². The third-order valence-electron chi connectivity index (χ3n) is 3.24. The Kier molecular flexibility index (Phi) is 3.03. The minimum Gasteiger partial charge on any atom is -0.467 e. The van der Waals surface area contributed by atoms with Gasteiger partial charge in [-0.15, -0.1) is 0 Å². The zero-order chi connectivity index (χ0) is 13.2. The van der Waals surface area contributed by atoms with Crippen molar-refractivity contribution in [1.29, 1.82) is 0 Å². The summed E-state index contributed by atoms with van der Waals surface area (Å²) in [5, 5.41) is 3.10. The number of aromatic nitrogens is 2. The second-order valence-electron chi connectivity index (χ2n) is 4.92. The Hall–Kier alpha value is -2.17. The first kappa shape index (κ1) is 11.9. The van der Waals surface area contributed by atoms with E-state index >= 15 is 0 Å². The molecule has 2 aromatic heterocycles. The number of fused-ring (bicyclic) bond motifs is 1. The number of furan rings is 1. The van der Waals surface area contributed by atoms with Crippen molar-refractivity contribution in [1.82, 2.24) is 9.97 Å². The third-order valence-corrected chi connectivity index (χ3v) is 3.24. The van der Waals surface area contributed by atoms with Crippen LogP contribution in [0.1, 0.15) is 35.2 Å². The number of carbonyl (C=O) groups is 1. The maximum atomic E-state index is 11.8. The van der Waals surface area contributed by atoms with Crippen LogP contribution in [0.3, 0.4) is 0 Å². The number of anilines is 1. The smallest absolute Gasteiger partial charge is 0.223 e. The average Bonchev–Trinajstić information content (AvgIpc) is 2.88. The van der Waals surface area contributed by atoms with Crippen molar-refractivity contribution in [2.45, 2.75) is 26.3 Å². The largest absolute Gasteiger partial charge is 0.467 e. The van der Waals surface area contributed by atoms with Gasteiger partial charge in [0.25, 0.3) is 0 Å². The maximum Gasteiger partial charge on any atom is 0.223 e. The molecule has 0 radical (unpaired) electrons. The topological polar surface area (TPSA) is 68.0 Å². The first-order valence-electron chi connectivity index (χ1n) is 6.38. The molecule has 19 heavy (non-hydrogen) atoms. The zero-order valence-electron chi connectivity index (χ0n) is 10.7. The van der Waals surface area contributed by atoms with E-state index in [1.54, 1.807) is 12.5 Å². The van der Waals surface area contributed by atoms with Gasteiger partial charge in [-0.2, -0.15) is 0 Å². The van der Waals surface area contributed by atoms with Gasteiger partial charge in [-0.1, -0.05) is 6.92 Å². The molecule has 0 amide bonds. The van der Waals surface area contributed by atoms with E-state index in [2.05, 4.69) is 22.2 Å². The Bertz CT molecular complexity index is 593. The lowest BCUT2D eigenvalue weighted by Crippen LogP contribution is -2.20. The van der Waals surface area contributed by atoms with Gasteiger partial charge < -0.3 is 9.73 Å². The molecular formula is C14H15N3O2. The number of nitrogens with one attached hydrogen (secondary N) is 1. The quantitative estimate of drug-likeness (QED) is 0.914. The van der Waals surface area contributed by atoms with Gasteiger partial charge >= 0.3 is 0 Å². The molecule has 98 valence electrons. The molecule has 0 saturated carbocycles. The van der Waals surface area contributed by atoms with Gasteiger partial charge in [-0.25, -0.2) is 9.97 Å². The van der Waals surface area contributed by atoms with Gasteiger partial charge in [-0.3, -0.25) is 4.79 Å². The van der Waals surface area contributed by atoms with Crippen molar-refractivity contribution >= 4 is 11.7 Å². The lowest BCUT2D eigenvalue weighted by atomic mass is 9.88. The first-order valence-corrected chi connectivity index (χ1v) is 6.38. The summed E-state index contributed by atoms with van der Waals surface area (Å²) in [6, 6.07) is 3.72. The van der Waals surface area contributed by atoms with Gasteiger partial charge in [-0.05, 0) is 24.5 Å². The number of hydrogen-bond donors (Lipinski definition) is 1. The predicted octanol–water partition coefficient (Wildman–Crippen LogP) is 2.45. The van der Waals surface area contributed by atoms with Gasteiger partial charge in [0.1, 0.15) is 5.76 Å². The number of nitrogens with zero attached hydrogens (tertiary/aromatic N) is 2. The number of carbonyl (C=O) groups excluding carboxylic acids is 1. The van der Waals surface area contributed by atoms with E-state index < -0.39 is 0 Å². The monoisotopic (exact) mass is 257 g/mol. The highest BCUT2D eigenvalue weighted by Crippen LogP contribution is 2.24. The maximum absolute atomic E-state index is 11.8. The van der Waals surface area contributed by atoms with Gasteiger partial charge in [0.05, 0.1) is 24.1 Å². The standard InChI is InChI=1S/C14H15N3O2/c1-9-5-12-11(13(18)6-9)8-16-14(17-12)15-7-10-3-2-4-19-10/h2-4,8-9H,5-7H2,1H3,(H,15,16,17)/t9-/m1/s1. The molecule has 2 heterocycles. The van der Waals surface area contributed by atoms with Crippen LogP contribution < -0.4 is 5.32 Å². The molecule has 0 bridgehead atoms. The van der Waals surface area contributed by atoms with Crippen LogP contribution in [0.25, 0.3) is 0 Å². The van der Waals surface area contributed by atoms with E-state index in [4.69, 9.17) is 4.42 Å². The fourth-order valence-electron chi connectivity index (χ4n) is 2.30. The van der Waals surface area contributed by atoms with Crippen LogP contribution in [-0.2, 0) is 13.0 Å². The summed E-state index contributed by atoms with van der Waals surface area (Å²) < 4.78 is 5.23. The molecule has 1 aliphatic rings. The van der Waals surface area contributed by atoms with E-state index in [-0.39, 0.29) is 5.78 Å². The third kappa shape index (κ3) is 2.50. The molecule has 1 aliphatic carbocycles. The lowest BCUT2D eigenvalue weighted by Gasteiger charge is -2.19. The summed E-state index contributed by atoms with van der Waals surface area (Å²) >= 11 is 0. The van der Waals surface area contributed by atoms with Crippen LogP contribution in [0.15, 0.2) is 29.0 Å². The summed E-state index contributed by atoms with van der Waals surface area (Å²) in [6.45, 7) is 2.61. The highest BCUT2D eigenvalue weighted by atomic mass is 16.3. The van der Waals surface area contributed by atoms with Gasteiger partial charge in [0.2, 0.25) is 5.95 Å². The molecule has 0 spiro atoms. The highest BCUT2D eigenvalue weighted by Gasteiger charge is 2.24. The van der Waals surface area contributed by atoms with Crippen molar-refractivity contribution in [3.05, 3.63) is 41.6 Å². The Labute approximate surface area is 111 Å². The van der Waals surface area contributed by atoms with Crippen molar-refractivity contribution in [3.63, 3.8) is 0 Å². The highest BCUT2D eigenvalue weighted by molar-refractivity contribution is 5.98. The van der Waals surface area contributed by atoms with Crippen molar-refractivity contribution < 1.29 is 9.21 Å². The number of hydrogen-bond acceptors (Lipinski definition) is 5. The van der Waals surface area contributed by atoms with E-state index in [0.29, 0.717) is 30.4 Å².